The average Bonchev–Trinajstić information content (AvgIpc) is 3.36. The van der Waals surface area contributed by atoms with Crippen LogP contribution in [-0.2, 0) is 6.42 Å². The number of ketones is 1. The number of hydrogen-bond donors (Lipinski definition) is 1. The summed E-state index contributed by atoms with van der Waals surface area (Å²) in [5, 5.41) is 8.72. The van der Waals surface area contributed by atoms with Gasteiger partial charge < -0.3 is 10.1 Å². The van der Waals surface area contributed by atoms with Crippen molar-refractivity contribution in [3.8, 4) is 16.9 Å². The normalized spacial score (nSPS) is 14.6. The van der Waals surface area contributed by atoms with E-state index in [4.69, 9.17) is 4.74 Å². The molecule has 1 N–H and O–H groups in total. The molecule has 7 heteroatoms. The van der Waals surface area contributed by atoms with Gasteiger partial charge in [0.2, 0.25) is 0 Å². The summed E-state index contributed by atoms with van der Waals surface area (Å²) in [5.41, 5.74) is 4.20. The van der Waals surface area contributed by atoms with Crippen LogP contribution in [0.5, 0.6) is 5.75 Å². The summed E-state index contributed by atoms with van der Waals surface area (Å²) in [6.07, 6.45) is 9.93. The lowest BCUT2D eigenvalue weighted by Crippen LogP contribution is -2.34. The van der Waals surface area contributed by atoms with Crippen LogP contribution < -0.4 is 10.1 Å². The Kier molecular flexibility index (Phi) is 6.36. The Morgan fingerprint density at radius 3 is 2.59 bits per heavy atom. The van der Waals surface area contributed by atoms with Gasteiger partial charge in [0.15, 0.2) is 5.78 Å². The van der Waals surface area contributed by atoms with Crippen molar-refractivity contribution in [2.45, 2.75) is 45.3 Å². The van der Waals surface area contributed by atoms with Crippen molar-refractivity contribution in [3.63, 3.8) is 0 Å². The summed E-state index contributed by atoms with van der Waals surface area (Å²) in [7, 11) is 0. The number of hydrogen-bond acceptors (Lipinski definition) is 6. The minimum atomic E-state index is 0.0302. The van der Waals surface area contributed by atoms with Crippen LogP contribution in [0.25, 0.3) is 22.0 Å². The Bertz CT molecular complexity index is 1290. The van der Waals surface area contributed by atoms with Gasteiger partial charge in [0, 0.05) is 46.2 Å². The molecular weight excluding hydrogens is 426 g/mol. The molecule has 0 saturated carbocycles. The van der Waals surface area contributed by atoms with E-state index in [2.05, 4.69) is 40.3 Å². The predicted octanol–water partition coefficient (Wildman–Crippen LogP) is 4.63. The maximum atomic E-state index is 12.9. The van der Waals surface area contributed by atoms with Gasteiger partial charge in [0.1, 0.15) is 11.9 Å². The highest BCUT2D eigenvalue weighted by molar-refractivity contribution is 5.97. The molecule has 4 heterocycles. The zero-order valence-corrected chi connectivity index (χ0v) is 19.6. The van der Waals surface area contributed by atoms with Crippen LogP contribution in [0.15, 0.2) is 61.2 Å². The largest absolute Gasteiger partial charge is 0.490 e. The van der Waals surface area contributed by atoms with Crippen molar-refractivity contribution in [3.05, 3.63) is 72.4 Å². The van der Waals surface area contributed by atoms with Gasteiger partial charge in [-0.15, -0.1) is 0 Å². The molecule has 1 fully saturated rings. The first kappa shape index (κ1) is 22.2. The standard InChI is InChI=1S/C27H29N5O2/c1-18(2)32-17-22(15-31-32)21-11-20-12-23(29-16-26(20)30-14-21)13-27(33)19-3-5-24(6-4-19)34-25-7-9-28-10-8-25/h3-6,11-12,14-18,25,28H,7-10,13H2,1-2H3. The van der Waals surface area contributed by atoms with Crippen molar-refractivity contribution in [1.82, 2.24) is 25.1 Å². The van der Waals surface area contributed by atoms with Gasteiger partial charge in [0.05, 0.1) is 24.3 Å². The second-order valence-electron chi connectivity index (χ2n) is 9.09. The van der Waals surface area contributed by atoms with E-state index in [-0.39, 0.29) is 18.3 Å². The quantitative estimate of drug-likeness (QED) is 0.409. The number of aromatic nitrogens is 4. The molecule has 4 aromatic rings. The SMILES string of the molecule is CC(C)n1cc(-c2cnc3cnc(CC(=O)c4ccc(OC5CCNCC5)cc4)cc3c2)cn1. The highest BCUT2D eigenvalue weighted by Crippen LogP contribution is 2.24. The van der Waals surface area contributed by atoms with E-state index in [0.29, 0.717) is 11.6 Å². The fourth-order valence-corrected chi connectivity index (χ4v) is 4.19. The molecule has 1 aliphatic rings. The van der Waals surface area contributed by atoms with Gasteiger partial charge in [-0.05, 0) is 76.2 Å². The Balaban J connectivity index is 1.29. The highest BCUT2D eigenvalue weighted by atomic mass is 16.5. The van der Waals surface area contributed by atoms with Gasteiger partial charge in [0.25, 0.3) is 0 Å². The first-order valence-electron chi connectivity index (χ1n) is 11.8. The third-order valence-corrected chi connectivity index (χ3v) is 6.20. The summed E-state index contributed by atoms with van der Waals surface area (Å²) in [6.45, 7) is 6.16. The van der Waals surface area contributed by atoms with Gasteiger partial charge in [-0.25, -0.2) is 0 Å². The fourth-order valence-electron chi connectivity index (χ4n) is 4.19. The summed E-state index contributed by atoms with van der Waals surface area (Å²) in [4.78, 5) is 21.9. The highest BCUT2D eigenvalue weighted by Gasteiger charge is 2.15. The number of piperidine rings is 1. The van der Waals surface area contributed by atoms with Gasteiger partial charge >= 0.3 is 0 Å². The summed E-state index contributed by atoms with van der Waals surface area (Å²) in [5.74, 6) is 0.842. The van der Waals surface area contributed by atoms with E-state index in [1.165, 1.54) is 0 Å². The summed E-state index contributed by atoms with van der Waals surface area (Å²) in [6, 6.07) is 11.8. The number of rotatable bonds is 7. The van der Waals surface area contributed by atoms with E-state index in [1.54, 1.807) is 6.20 Å². The molecule has 0 radical (unpaired) electrons. The molecule has 174 valence electrons. The topological polar surface area (TPSA) is 81.9 Å². The van der Waals surface area contributed by atoms with Crippen LogP contribution in [0, 0.1) is 0 Å². The minimum absolute atomic E-state index is 0.0302. The zero-order chi connectivity index (χ0) is 23.5. The molecule has 0 unspecified atom stereocenters. The summed E-state index contributed by atoms with van der Waals surface area (Å²) >= 11 is 0. The number of pyridine rings is 2. The number of fused-ring (bicyclic) bond motifs is 1. The van der Waals surface area contributed by atoms with E-state index in [9.17, 15) is 4.79 Å². The van der Waals surface area contributed by atoms with Crippen LogP contribution in [-0.4, -0.2) is 44.7 Å². The lowest BCUT2D eigenvalue weighted by Gasteiger charge is -2.23. The molecule has 5 rings (SSSR count). The molecular formula is C27H29N5O2. The Hall–Kier alpha value is -3.58. The monoisotopic (exact) mass is 455 g/mol. The molecule has 0 spiro atoms. The zero-order valence-electron chi connectivity index (χ0n) is 19.6. The van der Waals surface area contributed by atoms with Crippen LogP contribution in [0.3, 0.4) is 0 Å². The number of ether oxygens (including phenoxy) is 1. The van der Waals surface area contributed by atoms with E-state index < -0.39 is 0 Å². The average molecular weight is 456 g/mol. The van der Waals surface area contributed by atoms with Gasteiger partial charge in [-0.2, -0.15) is 5.10 Å². The molecule has 1 aromatic carbocycles. The molecule has 34 heavy (non-hydrogen) atoms. The molecule has 1 saturated heterocycles. The number of carbonyl (C=O) groups is 1. The van der Waals surface area contributed by atoms with Crippen molar-refractivity contribution < 1.29 is 9.53 Å². The van der Waals surface area contributed by atoms with E-state index >= 15 is 0 Å². The Labute approximate surface area is 199 Å². The number of carbonyl (C=O) groups excluding carboxylic acids is 1. The predicted molar refractivity (Wildman–Crippen MR) is 132 cm³/mol. The number of benzene rings is 1. The molecule has 0 bridgehead atoms. The molecule has 0 amide bonds. The van der Waals surface area contributed by atoms with E-state index in [1.807, 2.05) is 53.6 Å². The first-order valence-corrected chi connectivity index (χ1v) is 11.8. The van der Waals surface area contributed by atoms with Crippen molar-refractivity contribution in [2.24, 2.45) is 0 Å². The van der Waals surface area contributed by atoms with Gasteiger partial charge in [-0.1, -0.05) is 0 Å². The third-order valence-electron chi connectivity index (χ3n) is 6.20. The van der Waals surface area contributed by atoms with Crippen molar-refractivity contribution in [2.75, 3.05) is 13.1 Å². The Morgan fingerprint density at radius 1 is 1.06 bits per heavy atom. The molecule has 7 nitrogen and oxygen atoms in total. The van der Waals surface area contributed by atoms with Gasteiger partial charge in [-0.3, -0.25) is 19.4 Å². The summed E-state index contributed by atoms with van der Waals surface area (Å²) < 4.78 is 7.97. The Morgan fingerprint density at radius 2 is 1.85 bits per heavy atom. The maximum Gasteiger partial charge on any atom is 0.168 e. The molecule has 0 atom stereocenters. The van der Waals surface area contributed by atoms with Crippen molar-refractivity contribution >= 4 is 16.7 Å². The molecule has 3 aromatic heterocycles. The lowest BCUT2D eigenvalue weighted by atomic mass is 10.0. The lowest BCUT2D eigenvalue weighted by molar-refractivity contribution is 0.0992. The third kappa shape index (κ3) is 4.99. The number of nitrogens with one attached hydrogen (secondary N) is 1. The van der Waals surface area contributed by atoms with Crippen LogP contribution >= 0.6 is 0 Å². The maximum absolute atomic E-state index is 12.9. The molecule has 1 aliphatic heterocycles. The number of Topliss-reactive ketones (excluding diaryl/α,β-unsaturated/α-hetero) is 1. The van der Waals surface area contributed by atoms with Crippen LogP contribution in [0.4, 0.5) is 0 Å². The smallest absolute Gasteiger partial charge is 0.168 e. The van der Waals surface area contributed by atoms with Crippen molar-refractivity contribution in [1.29, 1.82) is 0 Å². The van der Waals surface area contributed by atoms with Crippen LogP contribution in [0.2, 0.25) is 0 Å². The fraction of sp³-hybridized carbons (Fsp3) is 0.333. The minimum Gasteiger partial charge on any atom is -0.490 e. The first-order chi connectivity index (χ1) is 16.5. The van der Waals surface area contributed by atoms with E-state index in [0.717, 1.165) is 59.4 Å². The number of nitrogens with zero attached hydrogens (tertiary/aromatic N) is 4. The van der Waals surface area contributed by atoms with Crippen LogP contribution in [0.1, 0.15) is 48.8 Å². The second kappa shape index (κ2) is 9.73. The second-order valence-corrected chi connectivity index (χ2v) is 9.09. The molecule has 0 aliphatic carbocycles.